The van der Waals surface area contributed by atoms with Crippen LogP contribution in [0.15, 0.2) is 40.8 Å². The van der Waals surface area contributed by atoms with Crippen LogP contribution in [0.4, 0.5) is 5.69 Å². The number of carbonyl (C=O) groups excluding carboxylic acids is 1. The Kier molecular flexibility index (Phi) is 4.16. The zero-order valence-corrected chi connectivity index (χ0v) is 14.1. The van der Waals surface area contributed by atoms with Gasteiger partial charge in [0.1, 0.15) is 17.1 Å². The Morgan fingerprint density at radius 2 is 1.83 bits per heavy atom. The molecule has 1 heterocycles. The number of nitrogens with one attached hydrogen (secondary N) is 1. The number of anilines is 1. The van der Waals surface area contributed by atoms with Crippen LogP contribution >= 0.6 is 0 Å². The number of amides is 1. The van der Waals surface area contributed by atoms with E-state index >= 15 is 0 Å². The average Bonchev–Trinajstić information content (AvgIpc) is 2.91. The lowest BCUT2D eigenvalue weighted by atomic mass is 10.1. The Labute approximate surface area is 140 Å². The van der Waals surface area contributed by atoms with Gasteiger partial charge in [-0.15, -0.1) is 0 Å². The summed E-state index contributed by atoms with van der Waals surface area (Å²) in [6.07, 6.45) is 0. The summed E-state index contributed by atoms with van der Waals surface area (Å²) in [5.41, 5.74) is 3.15. The minimum absolute atomic E-state index is 0.292. The van der Waals surface area contributed by atoms with E-state index in [1.165, 1.54) is 0 Å². The van der Waals surface area contributed by atoms with E-state index in [1.807, 2.05) is 32.0 Å². The van der Waals surface area contributed by atoms with Crippen LogP contribution in [0.1, 0.15) is 21.7 Å². The predicted octanol–water partition coefficient (Wildman–Crippen LogP) is 4.32. The Balaban J connectivity index is 1.97. The van der Waals surface area contributed by atoms with Gasteiger partial charge in [-0.2, -0.15) is 0 Å². The maximum atomic E-state index is 12.7. The van der Waals surface area contributed by atoms with E-state index in [4.69, 9.17) is 13.9 Å². The summed E-state index contributed by atoms with van der Waals surface area (Å²) < 4.78 is 16.2. The molecule has 0 saturated heterocycles. The van der Waals surface area contributed by atoms with Gasteiger partial charge in [-0.05, 0) is 38.1 Å². The molecule has 124 valence electrons. The summed E-state index contributed by atoms with van der Waals surface area (Å²) in [7, 11) is 3.12. The largest absolute Gasteiger partial charge is 0.497 e. The van der Waals surface area contributed by atoms with Crippen LogP contribution in [-0.4, -0.2) is 20.1 Å². The summed E-state index contributed by atoms with van der Waals surface area (Å²) >= 11 is 0. The van der Waals surface area contributed by atoms with E-state index in [2.05, 4.69) is 5.32 Å². The first kappa shape index (κ1) is 15.9. The average molecular weight is 325 g/mol. The molecule has 0 bridgehead atoms. The van der Waals surface area contributed by atoms with Crippen molar-refractivity contribution >= 4 is 22.6 Å². The maximum absolute atomic E-state index is 12.7. The number of carbonyl (C=O) groups is 1. The van der Waals surface area contributed by atoms with Gasteiger partial charge in [0, 0.05) is 17.0 Å². The number of hydrogen-bond acceptors (Lipinski definition) is 4. The SMILES string of the molecule is COc1ccc(OC)c(NC(=O)c2oc3ccc(C)cc3c2C)c1. The molecule has 3 aromatic rings. The maximum Gasteiger partial charge on any atom is 0.291 e. The Bertz CT molecular complexity index is 911. The van der Waals surface area contributed by atoms with Gasteiger partial charge in [0.05, 0.1) is 19.9 Å². The first-order chi connectivity index (χ1) is 11.5. The van der Waals surface area contributed by atoms with Crippen molar-refractivity contribution in [2.75, 3.05) is 19.5 Å². The molecule has 5 nitrogen and oxygen atoms in total. The monoisotopic (exact) mass is 325 g/mol. The van der Waals surface area contributed by atoms with Gasteiger partial charge in [-0.3, -0.25) is 4.79 Å². The smallest absolute Gasteiger partial charge is 0.291 e. The fourth-order valence-corrected chi connectivity index (χ4v) is 2.64. The molecule has 0 aliphatic heterocycles. The molecule has 24 heavy (non-hydrogen) atoms. The minimum atomic E-state index is -0.326. The zero-order valence-electron chi connectivity index (χ0n) is 14.1. The molecule has 0 aliphatic rings. The van der Waals surface area contributed by atoms with E-state index in [-0.39, 0.29) is 5.91 Å². The fraction of sp³-hybridized carbons (Fsp3) is 0.211. The molecule has 1 amide bonds. The molecular weight excluding hydrogens is 306 g/mol. The van der Waals surface area contributed by atoms with E-state index in [9.17, 15) is 4.79 Å². The molecule has 1 N–H and O–H groups in total. The third-order valence-corrected chi connectivity index (χ3v) is 3.95. The van der Waals surface area contributed by atoms with Gasteiger partial charge in [-0.25, -0.2) is 0 Å². The molecule has 0 saturated carbocycles. The highest BCUT2D eigenvalue weighted by Gasteiger charge is 2.19. The molecule has 0 aliphatic carbocycles. The van der Waals surface area contributed by atoms with Gasteiger partial charge < -0.3 is 19.2 Å². The van der Waals surface area contributed by atoms with Crippen molar-refractivity contribution in [2.45, 2.75) is 13.8 Å². The number of methoxy groups -OCH3 is 2. The molecule has 5 heteroatoms. The van der Waals surface area contributed by atoms with Crippen molar-refractivity contribution in [1.82, 2.24) is 0 Å². The third-order valence-electron chi connectivity index (χ3n) is 3.95. The van der Waals surface area contributed by atoms with Crippen LogP contribution < -0.4 is 14.8 Å². The number of rotatable bonds is 4. The van der Waals surface area contributed by atoms with Gasteiger partial charge in [-0.1, -0.05) is 11.6 Å². The second kappa shape index (κ2) is 6.28. The molecule has 1 aromatic heterocycles. The molecule has 0 radical (unpaired) electrons. The summed E-state index contributed by atoms with van der Waals surface area (Å²) in [5.74, 6) is 1.14. The van der Waals surface area contributed by atoms with Crippen LogP contribution in [0, 0.1) is 13.8 Å². The zero-order chi connectivity index (χ0) is 17.3. The number of hydrogen-bond donors (Lipinski definition) is 1. The van der Waals surface area contributed by atoms with E-state index in [0.717, 1.165) is 16.5 Å². The molecule has 0 unspecified atom stereocenters. The van der Waals surface area contributed by atoms with Crippen molar-refractivity contribution in [1.29, 1.82) is 0 Å². The number of benzene rings is 2. The molecule has 2 aromatic carbocycles. The van der Waals surface area contributed by atoms with E-state index in [1.54, 1.807) is 32.4 Å². The molecule has 0 spiro atoms. The normalized spacial score (nSPS) is 10.7. The predicted molar refractivity (Wildman–Crippen MR) is 93.2 cm³/mol. The summed E-state index contributed by atoms with van der Waals surface area (Å²) in [6, 6.07) is 11.1. The van der Waals surface area contributed by atoms with Crippen LogP contribution in [0.5, 0.6) is 11.5 Å². The Morgan fingerprint density at radius 3 is 2.54 bits per heavy atom. The van der Waals surface area contributed by atoms with Crippen LogP contribution in [-0.2, 0) is 0 Å². The highest BCUT2D eigenvalue weighted by molar-refractivity contribution is 6.07. The number of furan rings is 1. The summed E-state index contributed by atoms with van der Waals surface area (Å²) in [5, 5.41) is 3.77. The molecule has 0 fully saturated rings. The van der Waals surface area contributed by atoms with Crippen molar-refractivity contribution in [2.24, 2.45) is 0 Å². The first-order valence-corrected chi connectivity index (χ1v) is 7.56. The third kappa shape index (κ3) is 2.80. The van der Waals surface area contributed by atoms with Gasteiger partial charge in [0.2, 0.25) is 0 Å². The van der Waals surface area contributed by atoms with Crippen molar-refractivity contribution in [3.63, 3.8) is 0 Å². The topological polar surface area (TPSA) is 60.7 Å². The number of aryl methyl sites for hydroxylation is 2. The van der Waals surface area contributed by atoms with Crippen LogP contribution in [0.3, 0.4) is 0 Å². The molecular formula is C19H19NO4. The van der Waals surface area contributed by atoms with Gasteiger partial charge >= 0.3 is 0 Å². The Hall–Kier alpha value is -2.95. The van der Waals surface area contributed by atoms with E-state index < -0.39 is 0 Å². The van der Waals surface area contributed by atoms with E-state index in [0.29, 0.717) is 28.5 Å². The highest BCUT2D eigenvalue weighted by Crippen LogP contribution is 2.31. The standard InChI is InChI=1S/C19H19NO4/c1-11-5-7-16-14(9-11)12(2)18(24-16)19(21)20-15-10-13(22-3)6-8-17(15)23-4/h5-10H,1-4H3,(H,20,21). The lowest BCUT2D eigenvalue weighted by molar-refractivity contribution is 0.0997. The summed E-state index contributed by atoms with van der Waals surface area (Å²) in [4.78, 5) is 12.7. The lowest BCUT2D eigenvalue weighted by Crippen LogP contribution is -2.13. The number of ether oxygens (including phenoxy) is 2. The first-order valence-electron chi connectivity index (χ1n) is 7.56. The van der Waals surface area contributed by atoms with Crippen molar-refractivity contribution in [3.8, 4) is 11.5 Å². The van der Waals surface area contributed by atoms with Gasteiger partial charge in [0.25, 0.3) is 5.91 Å². The second-order valence-corrected chi connectivity index (χ2v) is 5.58. The quantitative estimate of drug-likeness (QED) is 0.776. The highest BCUT2D eigenvalue weighted by atomic mass is 16.5. The van der Waals surface area contributed by atoms with Crippen molar-refractivity contribution in [3.05, 3.63) is 53.3 Å². The molecule has 3 rings (SSSR count). The fourth-order valence-electron chi connectivity index (χ4n) is 2.64. The second-order valence-electron chi connectivity index (χ2n) is 5.58. The summed E-state index contributed by atoms with van der Waals surface area (Å²) in [6.45, 7) is 3.88. The lowest BCUT2D eigenvalue weighted by Gasteiger charge is -2.11. The van der Waals surface area contributed by atoms with Crippen LogP contribution in [0.25, 0.3) is 11.0 Å². The molecule has 0 atom stereocenters. The van der Waals surface area contributed by atoms with Gasteiger partial charge in [0.15, 0.2) is 5.76 Å². The Morgan fingerprint density at radius 1 is 1.04 bits per heavy atom. The van der Waals surface area contributed by atoms with Crippen molar-refractivity contribution < 1.29 is 18.7 Å². The van der Waals surface area contributed by atoms with Crippen LogP contribution in [0.2, 0.25) is 0 Å². The number of fused-ring (bicyclic) bond motifs is 1. The minimum Gasteiger partial charge on any atom is -0.497 e.